The lowest BCUT2D eigenvalue weighted by Gasteiger charge is -2.18. The summed E-state index contributed by atoms with van der Waals surface area (Å²) >= 11 is 0. The first-order valence-electron chi connectivity index (χ1n) is 16.9. The maximum atomic E-state index is 9.98. The molecule has 0 bridgehead atoms. The number of nitriles is 3. The van der Waals surface area contributed by atoms with Crippen LogP contribution in [0, 0.1) is 34.0 Å². The Morgan fingerprint density at radius 2 is 1.18 bits per heavy atom. The minimum absolute atomic E-state index is 0.593. The summed E-state index contributed by atoms with van der Waals surface area (Å²) in [5.41, 5.74) is 15.1. The van der Waals surface area contributed by atoms with Crippen molar-refractivity contribution in [3.63, 3.8) is 0 Å². The third-order valence-corrected chi connectivity index (χ3v) is 10.1. The van der Waals surface area contributed by atoms with Gasteiger partial charge in [-0.05, 0) is 121 Å². The molecule has 0 spiro atoms. The van der Waals surface area contributed by atoms with Gasteiger partial charge in [-0.15, -0.1) is 0 Å². The molecule has 5 heteroatoms. The fourth-order valence-corrected chi connectivity index (χ4v) is 7.87. The van der Waals surface area contributed by atoms with Crippen molar-refractivity contribution < 1.29 is 0 Å². The molecular formula is C45H29N5. The summed E-state index contributed by atoms with van der Waals surface area (Å²) in [6, 6.07) is 42.1. The van der Waals surface area contributed by atoms with Crippen LogP contribution in [-0.4, -0.2) is 9.13 Å². The predicted molar refractivity (Wildman–Crippen MR) is 200 cm³/mol. The van der Waals surface area contributed by atoms with E-state index in [2.05, 4.69) is 112 Å². The van der Waals surface area contributed by atoms with Crippen molar-refractivity contribution in [2.24, 2.45) is 0 Å². The van der Waals surface area contributed by atoms with Crippen molar-refractivity contribution in [3.05, 3.63) is 154 Å². The van der Waals surface area contributed by atoms with Crippen molar-refractivity contribution in [2.45, 2.75) is 25.7 Å². The van der Waals surface area contributed by atoms with Gasteiger partial charge in [0, 0.05) is 39.0 Å². The van der Waals surface area contributed by atoms with Crippen molar-refractivity contribution in [3.8, 4) is 51.8 Å². The Kier molecular flexibility index (Phi) is 6.84. The third kappa shape index (κ3) is 4.59. The number of aromatic nitrogens is 2. The van der Waals surface area contributed by atoms with Crippen LogP contribution in [0.5, 0.6) is 0 Å². The molecule has 0 aliphatic heterocycles. The lowest BCUT2D eigenvalue weighted by molar-refractivity contribution is 0.889. The van der Waals surface area contributed by atoms with E-state index < -0.39 is 0 Å². The molecule has 9 rings (SSSR count). The topological polar surface area (TPSA) is 81.2 Å². The van der Waals surface area contributed by atoms with Gasteiger partial charge < -0.3 is 9.13 Å². The van der Waals surface area contributed by atoms with E-state index in [9.17, 15) is 15.8 Å². The summed E-state index contributed by atoms with van der Waals surface area (Å²) < 4.78 is 4.62. The first kappa shape index (κ1) is 29.3. The maximum Gasteiger partial charge on any atom is 0.0992 e. The van der Waals surface area contributed by atoms with E-state index in [4.69, 9.17) is 0 Å². The van der Waals surface area contributed by atoms with Gasteiger partial charge in [0.1, 0.15) is 0 Å². The molecule has 0 saturated carbocycles. The number of hydrogen-bond acceptors (Lipinski definition) is 3. The lowest BCUT2D eigenvalue weighted by atomic mass is 9.96. The fourth-order valence-electron chi connectivity index (χ4n) is 7.87. The largest absolute Gasteiger partial charge is 0.313 e. The van der Waals surface area contributed by atoms with Crippen molar-refractivity contribution in [1.29, 1.82) is 15.8 Å². The molecule has 0 radical (unpaired) electrons. The summed E-state index contributed by atoms with van der Waals surface area (Å²) in [6.07, 6.45) is 12.6. The molecule has 0 unspecified atom stereocenters. The molecule has 0 fully saturated rings. The highest BCUT2D eigenvalue weighted by Crippen LogP contribution is 2.40. The zero-order valence-corrected chi connectivity index (χ0v) is 27.2. The first-order chi connectivity index (χ1) is 24.6. The molecule has 7 aromatic rings. The Hall–Kier alpha value is -6.87. The Balaban J connectivity index is 1.20. The fraction of sp³-hybridized carbons (Fsp3) is 0.0889. The summed E-state index contributed by atoms with van der Waals surface area (Å²) in [5.74, 6) is 0. The number of rotatable bonds is 4. The summed E-state index contributed by atoms with van der Waals surface area (Å²) in [6.45, 7) is 0. The molecule has 0 saturated heterocycles. The van der Waals surface area contributed by atoms with E-state index in [0.717, 1.165) is 86.8 Å². The Morgan fingerprint density at radius 1 is 0.540 bits per heavy atom. The zero-order valence-electron chi connectivity index (χ0n) is 27.2. The quantitative estimate of drug-likeness (QED) is 0.192. The average molecular weight is 640 g/mol. The Morgan fingerprint density at radius 3 is 1.98 bits per heavy atom. The molecule has 0 atom stereocenters. The van der Waals surface area contributed by atoms with Crippen LogP contribution in [0.3, 0.4) is 0 Å². The molecule has 2 aliphatic rings. The SMILES string of the molecule is N#Cc1ccc(-c2cccc(-c3cccc(-n4c5c(c6cc(C#N)ccc64)C=CCC5)c3)c2)c(-n2c3c(c4cc(C#N)ccc42)CCC=C3)c1. The van der Waals surface area contributed by atoms with Crippen LogP contribution in [0.15, 0.2) is 115 Å². The van der Waals surface area contributed by atoms with Crippen molar-refractivity contribution >= 4 is 34.0 Å². The monoisotopic (exact) mass is 639 g/mol. The number of fused-ring (bicyclic) bond motifs is 6. The number of nitrogens with zero attached hydrogens (tertiary/aromatic N) is 5. The van der Waals surface area contributed by atoms with Crippen LogP contribution in [0.2, 0.25) is 0 Å². The molecule has 2 aromatic heterocycles. The molecular weight excluding hydrogens is 611 g/mol. The number of aryl methyl sites for hydroxylation is 1. The van der Waals surface area contributed by atoms with Crippen LogP contribution in [0.1, 0.15) is 52.0 Å². The van der Waals surface area contributed by atoms with Gasteiger partial charge in [-0.3, -0.25) is 0 Å². The molecule has 5 nitrogen and oxygen atoms in total. The maximum absolute atomic E-state index is 9.98. The van der Waals surface area contributed by atoms with Crippen molar-refractivity contribution in [1.82, 2.24) is 9.13 Å². The third-order valence-electron chi connectivity index (χ3n) is 10.1. The second-order valence-corrected chi connectivity index (χ2v) is 12.9. The van der Waals surface area contributed by atoms with E-state index in [1.54, 1.807) is 0 Å². The Bertz CT molecular complexity index is 2750. The van der Waals surface area contributed by atoms with Gasteiger partial charge in [-0.25, -0.2) is 0 Å². The molecule has 0 amide bonds. The predicted octanol–water partition coefficient (Wildman–Crippen LogP) is 10.4. The van der Waals surface area contributed by atoms with E-state index in [1.165, 1.54) is 16.8 Å². The van der Waals surface area contributed by atoms with Gasteiger partial charge in [-0.1, -0.05) is 54.6 Å². The lowest BCUT2D eigenvalue weighted by Crippen LogP contribution is -2.03. The number of allylic oxidation sites excluding steroid dienone is 2. The van der Waals surface area contributed by atoms with Gasteiger partial charge in [0.25, 0.3) is 0 Å². The highest BCUT2D eigenvalue weighted by molar-refractivity contribution is 5.95. The smallest absolute Gasteiger partial charge is 0.0992 e. The van der Waals surface area contributed by atoms with Crippen LogP contribution >= 0.6 is 0 Å². The van der Waals surface area contributed by atoms with E-state index in [0.29, 0.717) is 16.7 Å². The molecule has 5 aromatic carbocycles. The standard InChI is InChI=1S/C45H29N5/c46-26-29-16-19-43-39(21-29)37-11-1-3-13-41(37)49(43)35-10-6-8-33(25-35)32-7-5-9-34(24-32)36-18-15-31(28-48)23-45(36)50-42-14-4-2-12-38(42)40-22-30(27-47)17-20-44(40)50/h1,4-11,14-25H,2-3,12-13H2. The van der Waals surface area contributed by atoms with Gasteiger partial charge in [0.15, 0.2) is 0 Å². The van der Waals surface area contributed by atoms with Gasteiger partial charge in [-0.2, -0.15) is 15.8 Å². The van der Waals surface area contributed by atoms with Gasteiger partial charge in [0.05, 0.1) is 51.6 Å². The minimum atomic E-state index is 0.593. The number of benzene rings is 5. The molecule has 0 N–H and O–H groups in total. The molecule has 2 heterocycles. The summed E-state index contributed by atoms with van der Waals surface area (Å²) in [5, 5.41) is 31.4. The van der Waals surface area contributed by atoms with E-state index >= 15 is 0 Å². The first-order valence-corrected chi connectivity index (χ1v) is 16.9. The highest BCUT2D eigenvalue weighted by atomic mass is 15.0. The van der Waals surface area contributed by atoms with E-state index in [1.807, 2.05) is 42.5 Å². The molecule has 50 heavy (non-hydrogen) atoms. The summed E-state index contributed by atoms with van der Waals surface area (Å²) in [7, 11) is 0. The van der Waals surface area contributed by atoms with Crippen LogP contribution in [0.25, 0.3) is 67.6 Å². The van der Waals surface area contributed by atoms with Gasteiger partial charge >= 0.3 is 0 Å². The van der Waals surface area contributed by atoms with Crippen LogP contribution in [0.4, 0.5) is 0 Å². The minimum Gasteiger partial charge on any atom is -0.313 e. The van der Waals surface area contributed by atoms with Crippen LogP contribution < -0.4 is 0 Å². The van der Waals surface area contributed by atoms with E-state index in [-0.39, 0.29) is 0 Å². The normalized spacial score (nSPS) is 13.1. The second-order valence-electron chi connectivity index (χ2n) is 12.9. The average Bonchev–Trinajstić information content (AvgIpc) is 3.69. The zero-order chi connectivity index (χ0) is 33.8. The molecule has 2 aliphatic carbocycles. The van der Waals surface area contributed by atoms with Crippen LogP contribution in [-0.2, 0) is 12.8 Å². The summed E-state index contributed by atoms with van der Waals surface area (Å²) in [4.78, 5) is 0. The molecule has 234 valence electrons. The van der Waals surface area contributed by atoms with Crippen molar-refractivity contribution in [2.75, 3.05) is 0 Å². The number of hydrogen-bond donors (Lipinski definition) is 0. The highest BCUT2D eigenvalue weighted by Gasteiger charge is 2.22. The van der Waals surface area contributed by atoms with Gasteiger partial charge in [0.2, 0.25) is 0 Å². The Labute approximate surface area is 290 Å². The second kappa shape index (κ2) is 11.7.